The maximum Gasteiger partial charge on any atom is 0.0722 e. The molecule has 1 unspecified atom stereocenters. The molecular weight excluding hydrogens is 248 g/mol. The molecule has 0 saturated heterocycles. The van der Waals surface area contributed by atoms with Crippen LogP contribution in [0.25, 0.3) is 0 Å². The van der Waals surface area contributed by atoms with E-state index in [9.17, 15) is 0 Å². The van der Waals surface area contributed by atoms with Gasteiger partial charge in [-0.1, -0.05) is 26.8 Å². The van der Waals surface area contributed by atoms with Crippen LogP contribution in [-0.4, -0.2) is 14.8 Å². The fraction of sp³-hybridized carbons (Fsp3) is 0.500. The Balaban J connectivity index is 2.08. The molecule has 0 aliphatic carbocycles. The molecule has 108 valence electrons. The van der Waals surface area contributed by atoms with Gasteiger partial charge in [-0.15, -0.1) is 0 Å². The van der Waals surface area contributed by atoms with Gasteiger partial charge in [0.15, 0.2) is 0 Å². The van der Waals surface area contributed by atoms with Crippen molar-refractivity contribution >= 4 is 0 Å². The summed E-state index contributed by atoms with van der Waals surface area (Å²) >= 11 is 0. The molecule has 2 rings (SSSR count). The van der Waals surface area contributed by atoms with Gasteiger partial charge in [0, 0.05) is 43.0 Å². The molecule has 4 nitrogen and oxygen atoms in total. The quantitative estimate of drug-likeness (QED) is 0.930. The van der Waals surface area contributed by atoms with Crippen molar-refractivity contribution in [3.05, 3.63) is 47.5 Å². The standard InChI is InChI=1S/C16H24N4/c1-12(14-8-6-7-9-17-14)18-10-13-11-20(5)19-15(13)16(2,3)4/h6-9,11-12,18H,10H2,1-5H3. The molecule has 2 heterocycles. The number of nitrogens with zero attached hydrogens (tertiary/aromatic N) is 3. The highest BCUT2D eigenvalue weighted by Gasteiger charge is 2.22. The molecule has 0 fully saturated rings. The van der Waals surface area contributed by atoms with E-state index < -0.39 is 0 Å². The highest BCUT2D eigenvalue weighted by Crippen LogP contribution is 2.24. The van der Waals surface area contributed by atoms with E-state index in [0.717, 1.165) is 17.9 Å². The summed E-state index contributed by atoms with van der Waals surface area (Å²) in [7, 11) is 1.97. The van der Waals surface area contributed by atoms with Crippen LogP contribution in [0.1, 0.15) is 50.7 Å². The van der Waals surface area contributed by atoms with Gasteiger partial charge in [-0.05, 0) is 19.1 Å². The molecule has 1 N–H and O–H groups in total. The van der Waals surface area contributed by atoms with Crippen molar-refractivity contribution in [2.75, 3.05) is 0 Å². The minimum atomic E-state index is 0.0620. The smallest absolute Gasteiger partial charge is 0.0722 e. The van der Waals surface area contributed by atoms with Gasteiger partial charge in [-0.25, -0.2) is 0 Å². The summed E-state index contributed by atoms with van der Waals surface area (Å²) in [5, 5.41) is 8.12. The predicted octanol–water partition coefficient (Wildman–Crippen LogP) is 2.96. The molecule has 0 saturated carbocycles. The number of pyridine rings is 1. The van der Waals surface area contributed by atoms with Crippen LogP contribution in [0, 0.1) is 0 Å². The Bertz CT molecular complexity index is 552. The Morgan fingerprint density at radius 3 is 2.65 bits per heavy atom. The molecule has 0 spiro atoms. The third kappa shape index (κ3) is 3.45. The third-order valence-corrected chi connectivity index (χ3v) is 3.35. The lowest BCUT2D eigenvalue weighted by Crippen LogP contribution is -2.22. The second-order valence-electron chi connectivity index (χ2n) is 6.28. The van der Waals surface area contributed by atoms with Crippen LogP contribution in [0.4, 0.5) is 0 Å². The van der Waals surface area contributed by atoms with Crippen LogP contribution < -0.4 is 5.32 Å². The number of nitrogens with one attached hydrogen (secondary N) is 1. The van der Waals surface area contributed by atoms with E-state index in [1.807, 2.05) is 36.1 Å². The monoisotopic (exact) mass is 272 g/mol. The molecular formula is C16H24N4. The zero-order chi connectivity index (χ0) is 14.8. The van der Waals surface area contributed by atoms with Gasteiger partial charge in [-0.2, -0.15) is 5.10 Å². The summed E-state index contributed by atoms with van der Waals surface area (Å²) in [6, 6.07) is 6.23. The van der Waals surface area contributed by atoms with E-state index in [1.54, 1.807) is 0 Å². The normalized spacial score (nSPS) is 13.4. The summed E-state index contributed by atoms with van der Waals surface area (Å²) < 4.78 is 1.89. The van der Waals surface area contributed by atoms with Gasteiger partial charge in [-0.3, -0.25) is 9.67 Å². The number of aryl methyl sites for hydroxylation is 1. The number of hydrogen-bond acceptors (Lipinski definition) is 3. The molecule has 2 aromatic heterocycles. The van der Waals surface area contributed by atoms with Gasteiger partial charge in [0.2, 0.25) is 0 Å². The summed E-state index contributed by atoms with van der Waals surface area (Å²) in [5.41, 5.74) is 3.53. The van der Waals surface area contributed by atoms with Crippen molar-refractivity contribution in [3.8, 4) is 0 Å². The first kappa shape index (κ1) is 14.7. The molecule has 0 aromatic carbocycles. The van der Waals surface area contributed by atoms with Crippen molar-refractivity contribution < 1.29 is 0 Å². The van der Waals surface area contributed by atoms with E-state index in [0.29, 0.717) is 0 Å². The lowest BCUT2D eigenvalue weighted by molar-refractivity contribution is 0.527. The molecule has 0 aliphatic heterocycles. The Morgan fingerprint density at radius 2 is 2.05 bits per heavy atom. The number of hydrogen-bond donors (Lipinski definition) is 1. The van der Waals surface area contributed by atoms with Crippen LogP contribution >= 0.6 is 0 Å². The van der Waals surface area contributed by atoms with Crippen LogP contribution in [0.2, 0.25) is 0 Å². The van der Waals surface area contributed by atoms with Crippen molar-refractivity contribution in [2.24, 2.45) is 7.05 Å². The molecule has 0 bridgehead atoms. The Labute approximate surface area is 121 Å². The molecule has 0 aliphatic rings. The van der Waals surface area contributed by atoms with Crippen molar-refractivity contribution in [2.45, 2.75) is 45.7 Å². The SMILES string of the molecule is CC(NCc1cn(C)nc1C(C)(C)C)c1ccccn1. The molecule has 0 radical (unpaired) electrons. The Morgan fingerprint density at radius 1 is 1.30 bits per heavy atom. The minimum absolute atomic E-state index is 0.0620. The molecule has 2 aromatic rings. The fourth-order valence-electron chi connectivity index (χ4n) is 2.30. The summed E-state index contributed by atoms with van der Waals surface area (Å²) in [6.07, 6.45) is 3.93. The maximum atomic E-state index is 4.59. The van der Waals surface area contributed by atoms with Crippen LogP contribution in [0.3, 0.4) is 0 Å². The number of rotatable bonds is 4. The zero-order valence-corrected chi connectivity index (χ0v) is 13.0. The zero-order valence-electron chi connectivity index (χ0n) is 13.0. The molecule has 4 heteroatoms. The topological polar surface area (TPSA) is 42.7 Å². The van der Waals surface area contributed by atoms with E-state index >= 15 is 0 Å². The number of aromatic nitrogens is 3. The van der Waals surface area contributed by atoms with E-state index in [-0.39, 0.29) is 11.5 Å². The largest absolute Gasteiger partial charge is 0.305 e. The van der Waals surface area contributed by atoms with E-state index in [2.05, 4.69) is 49.3 Å². The van der Waals surface area contributed by atoms with E-state index in [1.165, 1.54) is 5.56 Å². The minimum Gasteiger partial charge on any atom is -0.305 e. The summed E-state index contributed by atoms with van der Waals surface area (Å²) in [4.78, 5) is 4.38. The van der Waals surface area contributed by atoms with Gasteiger partial charge < -0.3 is 5.32 Å². The fourth-order valence-corrected chi connectivity index (χ4v) is 2.30. The summed E-state index contributed by atoms with van der Waals surface area (Å²) in [5.74, 6) is 0. The Kier molecular flexibility index (Phi) is 4.23. The maximum absolute atomic E-state index is 4.59. The first-order valence-corrected chi connectivity index (χ1v) is 7.05. The predicted molar refractivity (Wildman–Crippen MR) is 81.4 cm³/mol. The van der Waals surface area contributed by atoms with Gasteiger partial charge in [0.25, 0.3) is 0 Å². The third-order valence-electron chi connectivity index (χ3n) is 3.35. The molecule has 20 heavy (non-hydrogen) atoms. The molecule has 0 amide bonds. The van der Waals surface area contributed by atoms with Gasteiger partial charge in [0.1, 0.15) is 0 Å². The van der Waals surface area contributed by atoms with Gasteiger partial charge in [0.05, 0.1) is 11.4 Å². The first-order valence-electron chi connectivity index (χ1n) is 7.05. The molecule has 1 atom stereocenters. The average molecular weight is 272 g/mol. The van der Waals surface area contributed by atoms with Crippen LogP contribution in [0.5, 0.6) is 0 Å². The van der Waals surface area contributed by atoms with Crippen LogP contribution in [-0.2, 0) is 19.0 Å². The second-order valence-corrected chi connectivity index (χ2v) is 6.28. The summed E-state index contributed by atoms with van der Waals surface area (Å²) in [6.45, 7) is 9.52. The highest BCUT2D eigenvalue weighted by atomic mass is 15.3. The Hall–Kier alpha value is -1.68. The van der Waals surface area contributed by atoms with Crippen molar-refractivity contribution in [1.82, 2.24) is 20.1 Å². The average Bonchev–Trinajstić information content (AvgIpc) is 2.78. The lowest BCUT2D eigenvalue weighted by Gasteiger charge is -2.19. The highest BCUT2D eigenvalue weighted by molar-refractivity contribution is 5.24. The first-order chi connectivity index (χ1) is 9.38. The second kappa shape index (κ2) is 5.75. The lowest BCUT2D eigenvalue weighted by atomic mass is 9.89. The van der Waals surface area contributed by atoms with Crippen molar-refractivity contribution in [1.29, 1.82) is 0 Å². The van der Waals surface area contributed by atoms with Gasteiger partial charge >= 0.3 is 0 Å². The van der Waals surface area contributed by atoms with E-state index in [4.69, 9.17) is 0 Å². The van der Waals surface area contributed by atoms with Crippen molar-refractivity contribution in [3.63, 3.8) is 0 Å². The van der Waals surface area contributed by atoms with Crippen LogP contribution in [0.15, 0.2) is 30.6 Å².